The summed E-state index contributed by atoms with van der Waals surface area (Å²) in [6, 6.07) is 8.45. The first-order valence-electron chi connectivity index (χ1n) is 3.04. The van der Waals surface area contributed by atoms with Crippen LogP contribution >= 0.6 is 0 Å². The van der Waals surface area contributed by atoms with Gasteiger partial charge in [-0.3, -0.25) is 0 Å². The van der Waals surface area contributed by atoms with E-state index in [2.05, 4.69) is 38.1 Å². The number of aryl methyl sites for hydroxylation is 2. The van der Waals surface area contributed by atoms with E-state index >= 15 is 0 Å². The Balaban J connectivity index is 0. The summed E-state index contributed by atoms with van der Waals surface area (Å²) in [4.78, 5) is 0. The number of rotatable bonds is 0. The van der Waals surface area contributed by atoms with Crippen molar-refractivity contribution in [2.24, 2.45) is 0 Å². The van der Waals surface area contributed by atoms with Gasteiger partial charge in [0.25, 0.3) is 0 Å². The van der Waals surface area contributed by atoms with Gasteiger partial charge in [0.1, 0.15) is 0 Å². The molecule has 2 heteroatoms. The van der Waals surface area contributed by atoms with E-state index < -0.39 is 0 Å². The van der Waals surface area contributed by atoms with Crippen LogP contribution in [0.5, 0.6) is 0 Å². The van der Waals surface area contributed by atoms with Crippen molar-refractivity contribution < 1.29 is 19.5 Å². The van der Waals surface area contributed by atoms with Crippen LogP contribution < -0.4 is 0 Å². The number of benzene rings is 1. The Morgan fingerprint density at radius 1 is 1.09 bits per heavy atom. The molecule has 0 bridgehead atoms. The Kier molecular flexibility index (Phi) is 8.77. The zero-order chi connectivity index (χ0) is 7.98. The summed E-state index contributed by atoms with van der Waals surface area (Å²) in [5.41, 5.74) is 2.68. The third-order valence-corrected chi connectivity index (χ3v) is 1.17. The summed E-state index contributed by atoms with van der Waals surface area (Å²) in [6.07, 6.45) is 0. The van der Waals surface area contributed by atoms with Crippen LogP contribution in [0.3, 0.4) is 0 Å². The van der Waals surface area contributed by atoms with Gasteiger partial charge in [-0.1, -0.05) is 35.4 Å². The molecule has 0 saturated carbocycles. The summed E-state index contributed by atoms with van der Waals surface area (Å²) >= 11 is 0. The Bertz CT molecular complexity index is 201. The van der Waals surface area contributed by atoms with Crippen LogP contribution in [-0.2, 0) is 19.5 Å². The van der Waals surface area contributed by atoms with E-state index in [0.29, 0.717) is 0 Å². The molecule has 0 fully saturated rings. The first kappa shape index (κ1) is 13.0. The molecule has 0 saturated heterocycles. The van der Waals surface area contributed by atoms with Gasteiger partial charge in [-0.05, 0) is 13.8 Å². The van der Waals surface area contributed by atoms with Gasteiger partial charge in [0.05, 0.1) is 0 Å². The van der Waals surface area contributed by atoms with E-state index in [1.165, 1.54) is 11.1 Å². The monoisotopic (exact) mass is 235 g/mol. The molecule has 1 aromatic rings. The van der Waals surface area contributed by atoms with Gasteiger partial charge in [0.2, 0.25) is 0 Å². The van der Waals surface area contributed by atoms with Gasteiger partial charge in [-0.2, -0.15) is 0 Å². The quantitative estimate of drug-likeness (QED) is 0.500. The maximum absolute atomic E-state index is 6.25. The molecule has 0 aliphatic carbocycles. The van der Waals surface area contributed by atoms with Crippen molar-refractivity contribution in [1.29, 1.82) is 5.26 Å². The van der Waals surface area contributed by atoms with E-state index in [-0.39, 0.29) is 19.5 Å². The molecule has 1 radical (unpaired) electrons. The van der Waals surface area contributed by atoms with Gasteiger partial charge in [-0.25, -0.2) is 0 Å². The van der Waals surface area contributed by atoms with Crippen LogP contribution in [0.25, 0.3) is 0 Å². The van der Waals surface area contributed by atoms with E-state index in [1.807, 2.05) is 0 Å². The summed E-state index contributed by atoms with van der Waals surface area (Å²) in [6.45, 7) is 8.96. The molecule has 1 aromatic carbocycles. The van der Waals surface area contributed by atoms with Gasteiger partial charge in [-0.15, -0.1) is 0 Å². The van der Waals surface area contributed by atoms with Crippen LogP contribution in [0.2, 0.25) is 0 Å². The molecule has 0 aliphatic rings. The number of hydrogen-bond acceptors (Lipinski definition) is 1. The largest absolute Gasteiger partial charge is 0.512 e. The van der Waals surface area contributed by atoms with Gasteiger partial charge >= 0.3 is 0 Å². The molecule has 11 heavy (non-hydrogen) atoms. The minimum Gasteiger partial charge on any atom is -0.512 e. The third-order valence-electron chi connectivity index (χ3n) is 1.17. The summed E-state index contributed by atoms with van der Waals surface area (Å²) in [5.74, 6) is 0. The molecule has 0 aromatic heterocycles. The molecule has 0 aliphatic heterocycles. The van der Waals surface area contributed by atoms with E-state index in [0.717, 1.165) is 0 Å². The van der Waals surface area contributed by atoms with Crippen molar-refractivity contribution in [1.82, 2.24) is 0 Å². The average molecular weight is 235 g/mol. The van der Waals surface area contributed by atoms with Crippen molar-refractivity contribution in [2.75, 3.05) is 0 Å². The number of nitrogens with zero attached hydrogens (tertiary/aromatic N) is 1. The fourth-order valence-electron chi connectivity index (χ4n) is 0.807. The second kappa shape index (κ2) is 7.44. The number of hydrogen-bond donors (Lipinski definition) is 0. The second-order valence-corrected chi connectivity index (χ2v) is 2.16. The van der Waals surface area contributed by atoms with Gasteiger partial charge in [0, 0.05) is 19.5 Å². The molecule has 1 rings (SSSR count). The SMILES string of the molecule is Cc1cccc(C)c1.[C-]#N.[Rh]. The van der Waals surface area contributed by atoms with Crippen molar-refractivity contribution >= 4 is 0 Å². The van der Waals surface area contributed by atoms with Gasteiger partial charge < -0.3 is 11.8 Å². The fraction of sp³-hybridized carbons (Fsp3) is 0.222. The summed E-state index contributed by atoms with van der Waals surface area (Å²) in [7, 11) is 0. The molecule has 1 nitrogen and oxygen atoms in total. The predicted octanol–water partition coefficient (Wildman–Crippen LogP) is 2.40. The minimum absolute atomic E-state index is 0. The van der Waals surface area contributed by atoms with Crippen LogP contribution in [0, 0.1) is 25.7 Å². The smallest absolute Gasteiger partial charge is 0 e. The van der Waals surface area contributed by atoms with E-state index in [9.17, 15) is 0 Å². The summed E-state index contributed by atoms with van der Waals surface area (Å²) < 4.78 is 0. The molecule has 0 N–H and O–H groups in total. The zero-order valence-corrected chi connectivity index (χ0v) is 8.23. The summed E-state index contributed by atoms with van der Waals surface area (Å²) in [5, 5.41) is 6.25. The average Bonchev–Trinajstić information content (AvgIpc) is 1.91. The standard InChI is InChI=1S/C8H10.CN.Rh/c1-7-4-3-5-8(2)6-7;1-2;/h3-6H,1-2H3;;/q;-1;. The maximum Gasteiger partial charge on any atom is 0 e. The Morgan fingerprint density at radius 3 is 1.64 bits per heavy atom. The van der Waals surface area contributed by atoms with Crippen molar-refractivity contribution in [3.63, 3.8) is 0 Å². The van der Waals surface area contributed by atoms with Crippen LogP contribution in [0.1, 0.15) is 11.1 Å². The van der Waals surface area contributed by atoms with Crippen LogP contribution in [0.15, 0.2) is 24.3 Å². The molecule has 61 valence electrons. The molecular formula is C9H10NRh-. The third kappa shape index (κ3) is 5.76. The topological polar surface area (TPSA) is 23.8 Å². The van der Waals surface area contributed by atoms with Crippen LogP contribution in [-0.4, -0.2) is 0 Å². The Hall–Kier alpha value is -0.667. The zero-order valence-electron chi connectivity index (χ0n) is 6.59. The molecule has 0 amide bonds. The first-order chi connectivity index (χ1) is 4.79. The Labute approximate surface area is 80.8 Å². The van der Waals surface area contributed by atoms with Crippen molar-refractivity contribution in [3.8, 4) is 0 Å². The van der Waals surface area contributed by atoms with Crippen molar-refractivity contribution in [3.05, 3.63) is 42.0 Å². The molecule has 0 atom stereocenters. The second-order valence-electron chi connectivity index (χ2n) is 2.16. The van der Waals surface area contributed by atoms with Crippen LogP contribution in [0.4, 0.5) is 0 Å². The molecule has 0 spiro atoms. The maximum atomic E-state index is 6.25. The molecule has 0 heterocycles. The molecular weight excluding hydrogens is 225 g/mol. The fourth-order valence-corrected chi connectivity index (χ4v) is 0.807. The Morgan fingerprint density at radius 2 is 1.45 bits per heavy atom. The van der Waals surface area contributed by atoms with E-state index in [1.54, 1.807) is 0 Å². The first-order valence-corrected chi connectivity index (χ1v) is 3.04. The van der Waals surface area contributed by atoms with Crippen molar-refractivity contribution in [2.45, 2.75) is 13.8 Å². The molecule has 0 unspecified atom stereocenters. The normalized spacial score (nSPS) is 6.91. The minimum atomic E-state index is 0. The predicted molar refractivity (Wildman–Crippen MR) is 40.9 cm³/mol. The van der Waals surface area contributed by atoms with E-state index in [4.69, 9.17) is 11.8 Å². The van der Waals surface area contributed by atoms with Gasteiger partial charge in [0.15, 0.2) is 0 Å².